The molecule has 1 atom stereocenters. The molecule has 0 aliphatic carbocycles. The lowest BCUT2D eigenvalue weighted by molar-refractivity contribution is -0.167. The van der Waals surface area contributed by atoms with Crippen molar-refractivity contribution in [1.29, 1.82) is 0 Å². The molecule has 0 radical (unpaired) electrons. The highest BCUT2D eigenvalue weighted by Gasteiger charge is 2.19. The van der Waals surface area contributed by atoms with Gasteiger partial charge in [0.15, 0.2) is 6.10 Å². The average molecular weight is 1130 g/mol. The molecular formula is C74H140O6. The molecule has 0 aromatic heterocycles. The van der Waals surface area contributed by atoms with Crippen LogP contribution in [0.25, 0.3) is 0 Å². The molecule has 0 saturated carbocycles. The maximum absolute atomic E-state index is 12.9. The van der Waals surface area contributed by atoms with Crippen molar-refractivity contribution in [1.82, 2.24) is 0 Å². The third-order valence-corrected chi connectivity index (χ3v) is 16.7. The predicted octanol–water partition coefficient (Wildman–Crippen LogP) is 25.0. The Balaban J connectivity index is 3.92. The van der Waals surface area contributed by atoms with Crippen molar-refractivity contribution in [2.45, 2.75) is 419 Å². The van der Waals surface area contributed by atoms with Crippen molar-refractivity contribution in [2.75, 3.05) is 13.2 Å². The van der Waals surface area contributed by atoms with Gasteiger partial charge in [0.2, 0.25) is 0 Å². The first-order valence-electron chi connectivity index (χ1n) is 36.3. The largest absolute Gasteiger partial charge is 0.462 e. The van der Waals surface area contributed by atoms with Crippen LogP contribution in [0.2, 0.25) is 0 Å². The second kappa shape index (κ2) is 69.4. The summed E-state index contributed by atoms with van der Waals surface area (Å²) in [6, 6.07) is 0. The van der Waals surface area contributed by atoms with Crippen LogP contribution < -0.4 is 0 Å². The summed E-state index contributed by atoms with van der Waals surface area (Å²) in [4.78, 5) is 38.1. The van der Waals surface area contributed by atoms with Gasteiger partial charge < -0.3 is 14.2 Å². The molecule has 0 aliphatic rings. The Kier molecular flexibility index (Phi) is 67.6. The van der Waals surface area contributed by atoms with Crippen LogP contribution in [0, 0.1) is 0 Å². The molecule has 0 bridgehead atoms. The molecule has 0 spiro atoms. The van der Waals surface area contributed by atoms with Gasteiger partial charge in [-0.3, -0.25) is 14.4 Å². The average Bonchev–Trinajstić information content (AvgIpc) is 3.46. The zero-order chi connectivity index (χ0) is 57.8. The summed E-state index contributed by atoms with van der Waals surface area (Å²) in [6.07, 6.45) is 85.6. The third kappa shape index (κ3) is 66.7. The van der Waals surface area contributed by atoms with Crippen LogP contribution in [0.5, 0.6) is 0 Å². The van der Waals surface area contributed by atoms with E-state index in [0.29, 0.717) is 19.3 Å². The molecule has 6 nitrogen and oxygen atoms in total. The fourth-order valence-corrected chi connectivity index (χ4v) is 11.2. The van der Waals surface area contributed by atoms with E-state index in [1.165, 1.54) is 315 Å². The third-order valence-electron chi connectivity index (χ3n) is 16.7. The molecule has 6 heteroatoms. The summed E-state index contributed by atoms with van der Waals surface area (Å²) in [6.45, 7) is 6.65. The van der Waals surface area contributed by atoms with E-state index < -0.39 is 6.10 Å². The number of allylic oxidation sites excluding steroid dienone is 4. The summed E-state index contributed by atoms with van der Waals surface area (Å²) in [5.41, 5.74) is 0. The van der Waals surface area contributed by atoms with Gasteiger partial charge >= 0.3 is 17.9 Å². The normalized spacial score (nSPS) is 12.1. The van der Waals surface area contributed by atoms with E-state index in [0.717, 1.165) is 57.8 Å². The van der Waals surface area contributed by atoms with Crippen LogP contribution in [-0.4, -0.2) is 37.2 Å². The van der Waals surface area contributed by atoms with Crippen molar-refractivity contribution in [2.24, 2.45) is 0 Å². The molecular weight excluding hydrogens is 985 g/mol. The minimum Gasteiger partial charge on any atom is -0.462 e. The Labute approximate surface area is 500 Å². The summed E-state index contributed by atoms with van der Waals surface area (Å²) in [7, 11) is 0. The minimum atomic E-state index is -0.766. The van der Waals surface area contributed by atoms with Crippen molar-refractivity contribution < 1.29 is 28.6 Å². The van der Waals surface area contributed by atoms with Gasteiger partial charge in [-0.05, 0) is 70.6 Å². The predicted molar refractivity (Wildman–Crippen MR) is 349 cm³/mol. The highest BCUT2D eigenvalue weighted by atomic mass is 16.6. The zero-order valence-corrected chi connectivity index (χ0v) is 54.4. The maximum Gasteiger partial charge on any atom is 0.306 e. The molecule has 0 aromatic carbocycles. The van der Waals surface area contributed by atoms with E-state index in [9.17, 15) is 14.4 Å². The van der Waals surface area contributed by atoms with E-state index >= 15 is 0 Å². The number of ether oxygens (including phenoxy) is 3. The molecule has 0 saturated heterocycles. The molecule has 0 amide bonds. The summed E-state index contributed by atoms with van der Waals surface area (Å²) in [5, 5.41) is 0. The summed E-state index contributed by atoms with van der Waals surface area (Å²) >= 11 is 0. The van der Waals surface area contributed by atoms with Crippen molar-refractivity contribution in [3.05, 3.63) is 24.3 Å². The number of rotatable bonds is 68. The highest BCUT2D eigenvalue weighted by molar-refractivity contribution is 5.71. The Bertz CT molecular complexity index is 1290. The van der Waals surface area contributed by atoms with E-state index in [1.807, 2.05) is 0 Å². The van der Waals surface area contributed by atoms with E-state index in [4.69, 9.17) is 14.2 Å². The fourth-order valence-electron chi connectivity index (χ4n) is 11.2. The summed E-state index contributed by atoms with van der Waals surface area (Å²) in [5.74, 6) is -0.849. The van der Waals surface area contributed by atoms with Crippen molar-refractivity contribution >= 4 is 17.9 Å². The Hall–Kier alpha value is -2.11. The van der Waals surface area contributed by atoms with Crippen LogP contribution >= 0.6 is 0 Å². The van der Waals surface area contributed by atoms with E-state index in [1.54, 1.807) is 0 Å². The monoisotopic (exact) mass is 1130 g/mol. The molecule has 0 aromatic rings. The van der Waals surface area contributed by atoms with Gasteiger partial charge in [-0.1, -0.05) is 347 Å². The Morgan fingerprint density at radius 1 is 0.237 bits per heavy atom. The molecule has 0 aliphatic heterocycles. The summed E-state index contributed by atoms with van der Waals surface area (Å²) < 4.78 is 16.9. The molecule has 0 heterocycles. The van der Waals surface area contributed by atoms with Crippen LogP contribution in [0.1, 0.15) is 412 Å². The Morgan fingerprint density at radius 3 is 0.625 bits per heavy atom. The second-order valence-corrected chi connectivity index (χ2v) is 24.9. The van der Waals surface area contributed by atoms with Crippen LogP contribution in [0.15, 0.2) is 24.3 Å². The van der Waals surface area contributed by atoms with Gasteiger partial charge in [0.05, 0.1) is 0 Å². The molecule has 0 fully saturated rings. The number of hydrogen-bond acceptors (Lipinski definition) is 6. The second-order valence-electron chi connectivity index (χ2n) is 24.9. The fraction of sp³-hybridized carbons (Fsp3) is 0.905. The number of hydrogen-bond donors (Lipinski definition) is 0. The van der Waals surface area contributed by atoms with Gasteiger partial charge in [-0.2, -0.15) is 0 Å². The minimum absolute atomic E-state index is 0.0658. The van der Waals surface area contributed by atoms with Gasteiger partial charge in [-0.25, -0.2) is 0 Å². The van der Waals surface area contributed by atoms with Crippen LogP contribution in [-0.2, 0) is 28.6 Å². The number of esters is 3. The smallest absolute Gasteiger partial charge is 0.306 e. The molecule has 0 N–H and O–H groups in total. The first-order valence-corrected chi connectivity index (χ1v) is 36.3. The SMILES string of the molecule is CCCCCCCCCC/C=C\CCCCCCCCCCCCCCCCCCCCCCCC(=O)OCC(COC(=O)CCCCCCCC)OC(=O)CCCCCCCCCCCCC/C=C\CCCCCCCCCC. The van der Waals surface area contributed by atoms with Crippen LogP contribution in [0.3, 0.4) is 0 Å². The van der Waals surface area contributed by atoms with Gasteiger partial charge in [0.1, 0.15) is 13.2 Å². The first kappa shape index (κ1) is 77.9. The zero-order valence-electron chi connectivity index (χ0n) is 54.4. The highest BCUT2D eigenvalue weighted by Crippen LogP contribution is 2.19. The van der Waals surface area contributed by atoms with Crippen LogP contribution in [0.4, 0.5) is 0 Å². The van der Waals surface area contributed by atoms with Gasteiger partial charge in [0, 0.05) is 19.3 Å². The lowest BCUT2D eigenvalue weighted by Crippen LogP contribution is -2.30. The molecule has 1 unspecified atom stereocenters. The quantitative estimate of drug-likeness (QED) is 0.0261. The number of carbonyl (C=O) groups excluding carboxylic acids is 3. The topological polar surface area (TPSA) is 78.9 Å². The standard InChI is InChI=1S/C74H140O6/c1-4-7-10-13-16-18-20-22-24-26-28-30-32-33-34-35-36-37-38-39-40-41-43-44-46-48-50-52-54-56-58-61-64-67-73(76)79-70-71(69-78-72(75)66-63-60-15-12-9-6-3)80-74(77)68-65-62-59-57-55-53-51-49-47-45-42-31-29-27-25-23-21-19-17-14-11-8-5-2/h26-29,71H,4-25,30-70H2,1-3H3/b28-26-,29-27-. The maximum atomic E-state index is 12.9. The first-order chi connectivity index (χ1) is 39.5. The molecule has 0 rings (SSSR count). The van der Waals surface area contributed by atoms with Crippen molar-refractivity contribution in [3.63, 3.8) is 0 Å². The number of carbonyl (C=O) groups is 3. The lowest BCUT2D eigenvalue weighted by Gasteiger charge is -2.18. The lowest BCUT2D eigenvalue weighted by atomic mass is 10.0. The van der Waals surface area contributed by atoms with E-state index in [-0.39, 0.29) is 31.1 Å². The van der Waals surface area contributed by atoms with Gasteiger partial charge in [-0.15, -0.1) is 0 Å². The molecule has 80 heavy (non-hydrogen) atoms. The number of unbranched alkanes of at least 4 members (excludes halogenated alkanes) is 53. The van der Waals surface area contributed by atoms with E-state index in [2.05, 4.69) is 45.1 Å². The van der Waals surface area contributed by atoms with Gasteiger partial charge in [0.25, 0.3) is 0 Å². The Morgan fingerprint density at radius 2 is 0.412 bits per heavy atom. The molecule has 472 valence electrons. The van der Waals surface area contributed by atoms with Crippen molar-refractivity contribution in [3.8, 4) is 0 Å².